The monoisotopic (exact) mass is 220 g/mol. The minimum atomic E-state index is -0.319. The quantitative estimate of drug-likeness (QED) is 0.779. The van der Waals surface area contributed by atoms with Gasteiger partial charge >= 0.3 is 0 Å². The zero-order valence-corrected chi connectivity index (χ0v) is 9.08. The first-order chi connectivity index (χ1) is 7.84. The third kappa shape index (κ3) is 1.98. The van der Waals surface area contributed by atoms with Crippen LogP contribution in [-0.4, -0.2) is 30.0 Å². The van der Waals surface area contributed by atoms with Gasteiger partial charge in [-0.25, -0.2) is 0 Å². The third-order valence-corrected chi connectivity index (χ3v) is 3.42. The summed E-state index contributed by atoms with van der Waals surface area (Å²) in [5.41, 5.74) is 1.18. The second kappa shape index (κ2) is 4.17. The lowest BCUT2D eigenvalue weighted by molar-refractivity contribution is 0.00523. The predicted molar refractivity (Wildman–Crippen MR) is 58.9 cm³/mol. The molecule has 1 aromatic carbocycles. The lowest BCUT2D eigenvalue weighted by Gasteiger charge is -2.16. The Labute approximate surface area is 95.0 Å². The average molecular weight is 220 g/mol. The first-order valence-electron chi connectivity index (χ1n) is 5.80. The zero-order chi connectivity index (χ0) is 11.0. The van der Waals surface area contributed by atoms with Gasteiger partial charge in [-0.2, -0.15) is 0 Å². The zero-order valence-electron chi connectivity index (χ0n) is 9.08. The molecule has 3 rings (SSSR count). The van der Waals surface area contributed by atoms with Crippen LogP contribution in [0, 0.1) is 5.92 Å². The van der Waals surface area contributed by atoms with Gasteiger partial charge in [0.2, 0.25) is 0 Å². The van der Waals surface area contributed by atoms with E-state index in [2.05, 4.69) is 0 Å². The van der Waals surface area contributed by atoms with E-state index in [-0.39, 0.29) is 18.1 Å². The van der Waals surface area contributed by atoms with E-state index in [1.807, 2.05) is 30.3 Å². The van der Waals surface area contributed by atoms with Crippen molar-refractivity contribution in [2.75, 3.05) is 6.61 Å². The molecule has 1 aromatic rings. The fourth-order valence-corrected chi connectivity index (χ4v) is 2.42. The van der Waals surface area contributed by atoms with Crippen LogP contribution >= 0.6 is 0 Å². The number of ether oxygens (including phenoxy) is 2. The molecule has 0 unspecified atom stereocenters. The Morgan fingerprint density at radius 3 is 2.81 bits per heavy atom. The fraction of sp³-hybridized carbons (Fsp3) is 0.538. The summed E-state index contributed by atoms with van der Waals surface area (Å²) < 4.78 is 10.9. The van der Waals surface area contributed by atoms with E-state index in [1.165, 1.54) is 5.56 Å². The second-order valence-electron chi connectivity index (χ2n) is 4.63. The van der Waals surface area contributed by atoms with Crippen molar-refractivity contribution in [3.05, 3.63) is 35.9 Å². The first-order valence-corrected chi connectivity index (χ1v) is 5.80. The molecule has 1 aliphatic heterocycles. The van der Waals surface area contributed by atoms with Crippen LogP contribution in [0.1, 0.15) is 12.0 Å². The van der Waals surface area contributed by atoms with E-state index < -0.39 is 0 Å². The van der Waals surface area contributed by atoms with E-state index >= 15 is 0 Å². The maximum Gasteiger partial charge on any atom is 0.110 e. The lowest BCUT2D eigenvalue weighted by atomic mass is 10.1. The number of epoxide rings is 1. The Hall–Kier alpha value is -0.900. The van der Waals surface area contributed by atoms with Crippen molar-refractivity contribution in [1.82, 2.24) is 0 Å². The van der Waals surface area contributed by atoms with Crippen LogP contribution in [0.5, 0.6) is 0 Å². The van der Waals surface area contributed by atoms with Crippen LogP contribution in [0.3, 0.4) is 0 Å². The molecule has 0 aromatic heterocycles. The highest BCUT2D eigenvalue weighted by Gasteiger charge is 2.54. The van der Waals surface area contributed by atoms with Gasteiger partial charge in [-0.15, -0.1) is 0 Å². The summed E-state index contributed by atoms with van der Waals surface area (Å²) in [6.45, 7) is 1.26. The van der Waals surface area contributed by atoms with Gasteiger partial charge in [0.15, 0.2) is 0 Å². The molecular formula is C13H16O3. The van der Waals surface area contributed by atoms with Crippen LogP contribution < -0.4 is 0 Å². The van der Waals surface area contributed by atoms with E-state index in [4.69, 9.17) is 9.47 Å². The fourth-order valence-electron chi connectivity index (χ4n) is 2.42. The summed E-state index contributed by atoms with van der Waals surface area (Å²) in [5.74, 6) is 0.257. The third-order valence-electron chi connectivity index (χ3n) is 3.42. The molecule has 2 aliphatic rings. The molecule has 3 heteroatoms. The predicted octanol–water partition coefficient (Wildman–Crippen LogP) is 1.35. The van der Waals surface area contributed by atoms with Crippen LogP contribution in [-0.2, 0) is 16.1 Å². The van der Waals surface area contributed by atoms with Gasteiger partial charge in [0.25, 0.3) is 0 Å². The number of hydrogen-bond acceptors (Lipinski definition) is 3. The van der Waals surface area contributed by atoms with Gasteiger partial charge in [0.05, 0.1) is 25.4 Å². The normalized spacial score (nSPS) is 36.1. The van der Waals surface area contributed by atoms with Gasteiger partial charge in [0.1, 0.15) is 6.10 Å². The van der Waals surface area contributed by atoms with Crippen LogP contribution in [0.15, 0.2) is 30.3 Å². The Kier molecular flexibility index (Phi) is 2.67. The molecule has 0 spiro atoms. The molecule has 3 nitrogen and oxygen atoms in total. The van der Waals surface area contributed by atoms with Crippen molar-refractivity contribution < 1.29 is 14.6 Å². The molecule has 1 saturated carbocycles. The summed E-state index contributed by atoms with van der Waals surface area (Å²) in [6, 6.07) is 10.1. The van der Waals surface area contributed by atoms with E-state index in [0.717, 1.165) is 6.42 Å². The molecule has 0 amide bonds. The standard InChI is InChI=1S/C13H16O3/c14-12-10(6-11-13(12)16-11)8-15-7-9-4-2-1-3-5-9/h1-5,10-14H,6-8H2/t10-,11+,12-,13+/m0/s1. The number of benzene rings is 1. The molecule has 1 saturated heterocycles. The number of rotatable bonds is 4. The molecule has 4 atom stereocenters. The molecule has 2 fully saturated rings. The summed E-state index contributed by atoms with van der Waals surface area (Å²) in [7, 11) is 0. The number of hydrogen-bond donors (Lipinski definition) is 1. The minimum absolute atomic E-state index is 0.102. The Bertz CT molecular complexity index is 351. The summed E-state index contributed by atoms with van der Waals surface area (Å²) >= 11 is 0. The molecule has 0 radical (unpaired) electrons. The highest BCUT2D eigenvalue weighted by atomic mass is 16.6. The second-order valence-corrected chi connectivity index (χ2v) is 4.63. The van der Waals surface area contributed by atoms with Crippen molar-refractivity contribution in [2.24, 2.45) is 5.92 Å². The molecule has 1 N–H and O–H groups in total. The summed E-state index contributed by atoms with van der Waals surface area (Å²) in [5, 5.41) is 9.79. The highest BCUT2D eigenvalue weighted by Crippen LogP contribution is 2.42. The maximum atomic E-state index is 9.79. The average Bonchev–Trinajstić information content (AvgIpc) is 3.01. The molecule has 1 aliphatic carbocycles. The SMILES string of the molecule is O[C@H]1[C@H](COCc2ccccc2)C[C@H]2O[C@@H]12. The van der Waals surface area contributed by atoms with Gasteiger partial charge in [-0.3, -0.25) is 0 Å². The van der Waals surface area contributed by atoms with Crippen LogP contribution in [0.25, 0.3) is 0 Å². The molecular weight excluding hydrogens is 204 g/mol. The van der Waals surface area contributed by atoms with Gasteiger partial charge in [-0.1, -0.05) is 30.3 Å². The first kappa shape index (κ1) is 10.3. The Morgan fingerprint density at radius 1 is 1.31 bits per heavy atom. The van der Waals surface area contributed by atoms with Gasteiger partial charge < -0.3 is 14.6 Å². The Balaban J connectivity index is 1.44. The highest BCUT2D eigenvalue weighted by molar-refractivity contribution is 5.13. The van der Waals surface area contributed by atoms with Gasteiger partial charge in [0, 0.05) is 5.92 Å². The van der Waals surface area contributed by atoms with E-state index in [0.29, 0.717) is 19.3 Å². The lowest BCUT2D eigenvalue weighted by Crippen LogP contribution is -2.25. The topological polar surface area (TPSA) is 42.0 Å². The number of fused-ring (bicyclic) bond motifs is 1. The van der Waals surface area contributed by atoms with Crippen LogP contribution in [0.2, 0.25) is 0 Å². The van der Waals surface area contributed by atoms with Gasteiger partial charge in [-0.05, 0) is 12.0 Å². The van der Waals surface area contributed by atoms with Crippen molar-refractivity contribution in [1.29, 1.82) is 0 Å². The molecule has 86 valence electrons. The summed E-state index contributed by atoms with van der Waals surface area (Å²) in [4.78, 5) is 0. The Morgan fingerprint density at radius 2 is 2.12 bits per heavy atom. The number of aliphatic hydroxyl groups excluding tert-OH is 1. The minimum Gasteiger partial charge on any atom is -0.390 e. The molecule has 1 heterocycles. The van der Waals surface area contributed by atoms with Crippen molar-refractivity contribution in [3.63, 3.8) is 0 Å². The summed E-state index contributed by atoms with van der Waals surface area (Å²) in [6.07, 6.45) is 1.03. The van der Waals surface area contributed by atoms with Crippen molar-refractivity contribution in [2.45, 2.75) is 31.3 Å². The maximum absolute atomic E-state index is 9.79. The van der Waals surface area contributed by atoms with Crippen molar-refractivity contribution >= 4 is 0 Å². The largest absolute Gasteiger partial charge is 0.390 e. The number of aliphatic hydroxyl groups is 1. The van der Waals surface area contributed by atoms with Crippen LogP contribution in [0.4, 0.5) is 0 Å². The van der Waals surface area contributed by atoms with Crippen molar-refractivity contribution in [3.8, 4) is 0 Å². The molecule has 0 bridgehead atoms. The smallest absolute Gasteiger partial charge is 0.110 e. The van der Waals surface area contributed by atoms with E-state index in [1.54, 1.807) is 0 Å². The van der Waals surface area contributed by atoms with E-state index in [9.17, 15) is 5.11 Å². The molecule has 16 heavy (non-hydrogen) atoms.